The van der Waals surface area contributed by atoms with E-state index in [0.29, 0.717) is 17.1 Å². The lowest BCUT2D eigenvalue weighted by Crippen LogP contribution is -2.37. The highest BCUT2D eigenvalue weighted by atomic mass is 35.5. The van der Waals surface area contributed by atoms with Gasteiger partial charge in [0.2, 0.25) is 5.78 Å². The Bertz CT molecular complexity index is 1380. The molecule has 8 nitrogen and oxygen atoms in total. The van der Waals surface area contributed by atoms with E-state index in [2.05, 4.69) is 4.57 Å². The summed E-state index contributed by atoms with van der Waals surface area (Å²) in [5.41, 5.74) is 2.52. The number of hydrogen-bond donors (Lipinski definition) is 0. The fourth-order valence-electron chi connectivity index (χ4n) is 3.69. The summed E-state index contributed by atoms with van der Waals surface area (Å²) in [7, 11) is 2.85. The van der Waals surface area contributed by atoms with Gasteiger partial charge < -0.3 is 13.9 Å². The standard InChI is InChI=1S/C25H26ClN3O5/c1-16-13-21(17(2)29(16)12-11-18-5-8-20(26)9-6-18)22(30)15-34-23(31)10-7-19-14-27(3)25(33)28(4)24(19)32/h5-10,13-14H,11-12,15H2,1-4H3. The molecule has 9 heteroatoms. The molecule has 3 aromatic rings. The van der Waals surface area contributed by atoms with Crippen LogP contribution >= 0.6 is 11.6 Å². The van der Waals surface area contributed by atoms with Gasteiger partial charge in [0.1, 0.15) is 0 Å². The van der Waals surface area contributed by atoms with E-state index in [4.69, 9.17) is 16.3 Å². The number of rotatable bonds is 8. The molecular weight excluding hydrogens is 458 g/mol. The number of ether oxygens (including phenoxy) is 1. The zero-order valence-electron chi connectivity index (χ0n) is 19.5. The van der Waals surface area contributed by atoms with E-state index in [1.165, 1.54) is 30.9 Å². The highest BCUT2D eigenvalue weighted by Crippen LogP contribution is 2.18. The molecule has 0 amide bonds. The number of benzene rings is 1. The first-order chi connectivity index (χ1) is 16.1. The summed E-state index contributed by atoms with van der Waals surface area (Å²) in [6.45, 7) is 4.06. The minimum absolute atomic E-state index is 0.150. The molecule has 3 rings (SSSR count). The highest BCUT2D eigenvalue weighted by molar-refractivity contribution is 6.30. The summed E-state index contributed by atoms with van der Waals surface area (Å²) in [4.78, 5) is 48.6. The number of Topliss-reactive ketones (excluding diaryl/α,β-unsaturated/α-hetero) is 1. The first-order valence-corrected chi connectivity index (χ1v) is 11.0. The summed E-state index contributed by atoms with van der Waals surface area (Å²) in [5.74, 6) is -1.08. The average Bonchev–Trinajstić information content (AvgIpc) is 3.10. The number of nitrogens with zero attached hydrogens (tertiary/aromatic N) is 3. The molecule has 0 aliphatic heterocycles. The second kappa shape index (κ2) is 10.5. The molecule has 0 saturated heterocycles. The molecule has 0 unspecified atom stereocenters. The summed E-state index contributed by atoms with van der Waals surface area (Å²) >= 11 is 5.94. The Morgan fingerprint density at radius 1 is 1.09 bits per heavy atom. The van der Waals surface area contributed by atoms with Crippen molar-refractivity contribution in [1.82, 2.24) is 13.7 Å². The number of carbonyl (C=O) groups is 2. The van der Waals surface area contributed by atoms with Gasteiger partial charge in [-0.15, -0.1) is 0 Å². The van der Waals surface area contributed by atoms with Gasteiger partial charge in [0.15, 0.2) is 6.61 Å². The van der Waals surface area contributed by atoms with Gasteiger partial charge in [0, 0.05) is 54.9 Å². The van der Waals surface area contributed by atoms with E-state index in [1.54, 1.807) is 6.07 Å². The van der Waals surface area contributed by atoms with Gasteiger partial charge in [0.25, 0.3) is 5.56 Å². The molecule has 1 aromatic carbocycles. The molecule has 34 heavy (non-hydrogen) atoms. The quantitative estimate of drug-likeness (QED) is 0.279. The lowest BCUT2D eigenvalue weighted by atomic mass is 10.1. The fourth-order valence-corrected chi connectivity index (χ4v) is 3.82. The fraction of sp³-hybridized carbons (Fsp3) is 0.280. The van der Waals surface area contributed by atoms with Crippen LogP contribution in [-0.2, 0) is 36.6 Å². The monoisotopic (exact) mass is 483 g/mol. The van der Waals surface area contributed by atoms with Crippen LogP contribution in [0.15, 0.2) is 52.2 Å². The van der Waals surface area contributed by atoms with Crippen LogP contribution < -0.4 is 11.2 Å². The third kappa shape index (κ3) is 5.63. The van der Waals surface area contributed by atoms with Crippen molar-refractivity contribution in [3.63, 3.8) is 0 Å². The third-order valence-corrected chi connectivity index (χ3v) is 5.88. The molecule has 0 N–H and O–H groups in total. The predicted molar refractivity (Wildman–Crippen MR) is 130 cm³/mol. The second-order valence-electron chi connectivity index (χ2n) is 8.02. The van der Waals surface area contributed by atoms with Crippen molar-refractivity contribution in [3.05, 3.63) is 96.5 Å². The van der Waals surface area contributed by atoms with E-state index in [-0.39, 0.29) is 11.3 Å². The molecule has 2 aromatic heterocycles. The number of aromatic nitrogens is 3. The lowest BCUT2D eigenvalue weighted by molar-refractivity contribution is -0.136. The second-order valence-corrected chi connectivity index (χ2v) is 8.46. The topological polar surface area (TPSA) is 92.3 Å². The number of aryl methyl sites for hydroxylation is 3. The summed E-state index contributed by atoms with van der Waals surface area (Å²) in [5, 5.41) is 0.686. The number of hydrogen-bond acceptors (Lipinski definition) is 5. The van der Waals surface area contributed by atoms with Crippen LogP contribution in [0.4, 0.5) is 0 Å². The molecule has 2 heterocycles. The Balaban J connectivity index is 1.62. The van der Waals surface area contributed by atoms with E-state index in [9.17, 15) is 19.2 Å². The highest BCUT2D eigenvalue weighted by Gasteiger charge is 2.17. The SMILES string of the molecule is Cc1cc(C(=O)COC(=O)C=Cc2cn(C)c(=O)n(C)c2=O)c(C)n1CCc1ccc(Cl)cc1. The number of carbonyl (C=O) groups excluding carboxylic acids is 2. The van der Waals surface area contributed by atoms with Crippen molar-refractivity contribution in [1.29, 1.82) is 0 Å². The van der Waals surface area contributed by atoms with E-state index in [1.807, 2.05) is 38.1 Å². The van der Waals surface area contributed by atoms with Crippen LogP contribution in [0.5, 0.6) is 0 Å². The van der Waals surface area contributed by atoms with E-state index in [0.717, 1.165) is 34.0 Å². The van der Waals surface area contributed by atoms with Crippen molar-refractivity contribution < 1.29 is 14.3 Å². The van der Waals surface area contributed by atoms with Gasteiger partial charge in [-0.1, -0.05) is 23.7 Å². The van der Waals surface area contributed by atoms with Gasteiger partial charge in [0.05, 0.1) is 5.56 Å². The van der Waals surface area contributed by atoms with Gasteiger partial charge in [-0.3, -0.25) is 14.2 Å². The normalized spacial score (nSPS) is 11.2. The zero-order valence-corrected chi connectivity index (χ0v) is 20.3. The summed E-state index contributed by atoms with van der Waals surface area (Å²) in [6.07, 6.45) is 4.44. The molecule has 0 aliphatic rings. The first kappa shape index (κ1) is 25.0. The summed E-state index contributed by atoms with van der Waals surface area (Å²) < 4.78 is 9.31. The van der Waals surface area contributed by atoms with Crippen LogP contribution in [0, 0.1) is 13.8 Å². The van der Waals surface area contributed by atoms with Crippen LogP contribution in [-0.4, -0.2) is 32.1 Å². The Hall–Kier alpha value is -3.65. The Labute approximate surface area is 201 Å². The molecule has 0 fully saturated rings. The molecule has 0 atom stereocenters. The van der Waals surface area contributed by atoms with Gasteiger partial charge in [-0.25, -0.2) is 9.59 Å². The van der Waals surface area contributed by atoms with E-state index >= 15 is 0 Å². The average molecular weight is 484 g/mol. The maximum absolute atomic E-state index is 12.7. The smallest absolute Gasteiger partial charge is 0.331 e. The van der Waals surface area contributed by atoms with Crippen molar-refractivity contribution in [2.24, 2.45) is 14.1 Å². The Morgan fingerprint density at radius 2 is 1.76 bits per heavy atom. The third-order valence-electron chi connectivity index (χ3n) is 5.63. The molecule has 0 spiro atoms. The molecule has 0 radical (unpaired) electrons. The minimum Gasteiger partial charge on any atom is -0.454 e. The van der Waals surface area contributed by atoms with Gasteiger partial charge >= 0.3 is 11.7 Å². The van der Waals surface area contributed by atoms with Crippen molar-refractivity contribution in [2.75, 3.05) is 6.61 Å². The Morgan fingerprint density at radius 3 is 2.44 bits per heavy atom. The van der Waals surface area contributed by atoms with E-state index < -0.39 is 23.8 Å². The van der Waals surface area contributed by atoms with Crippen LogP contribution in [0.2, 0.25) is 5.02 Å². The van der Waals surface area contributed by atoms with Crippen molar-refractivity contribution in [3.8, 4) is 0 Å². The first-order valence-electron chi connectivity index (χ1n) is 10.6. The molecule has 0 saturated carbocycles. The molecule has 0 aliphatic carbocycles. The largest absolute Gasteiger partial charge is 0.454 e. The van der Waals surface area contributed by atoms with Gasteiger partial charge in [-0.05, 0) is 50.1 Å². The molecular formula is C25H26ClN3O5. The Kier molecular flexibility index (Phi) is 7.73. The zero-order chi connectivity index (χ0) is 25.0. The maximum Gasteiger partial charge on any atom is 0.331 e. The number of ketones is 1. The van der Waals surface area contributed by atoms with Crippen LogP contribution in [0.1, 0.15) is 32.9 Å². The minimum atomic E-state index is -0.763. The number of halogens is 1. The van der Waals surface area contributed by atoms with Crippen molar-refractivity contribution >= 4 is 29.4 Å². The molecule has 0 bridgehead atoms. The summed E-state index contributed by atoms with van der Waals surface area (Å²) in [6, 6.07) is 9.43. The maximum atomic E-state index is 12.7. The van der Waals surface area contributed by atoms with Crippen LogP contribution in [0.25, 0.3) is 6.08 Å². The lowest BCUT2D eigenvalue weighted by Gasteiger charge is -2.10. The molecule has 178 valence electrons. The predicted octanol–water partition coefficient (Wildman–Crippen LogP) is 2.84. The van der Waals surface area contributed by atoms with Crippen molar-refractivity contribution in [2.45, 2.75) is 26.8 Å². The number of esters is 1. The van der Waals surface area contributed by atoms with Crippen LogP contribution in [0.3, 0.4) is 0 Å². The van der Waals surface area contributed by atoms with Gasteiger partial charge in [-0.2, -0.15) is 0 Å².